The normalized spacial score (nSPS) is 19.1. The molecule has 1 atom stereocenters. The Morgan fingerprint density at radius 1 is 1.48 bits per heavy atom. The summed E-state index contributed by atoms with van der Waals surface area (Å²) in [6.45, 7) is 2.93. The number of hydrogen-bond acceptors (Lipinski definition) is 5. The summed E-state index contributed by atoms with van der Waals surface area (Å²) in [6.07, 6.45) is 4.87. The highest BCUT2D eigenvalue weighted by molar-refractivity contribution is 8.14. The van der Waals surface area contributed by atoms with Crippen LogP contribution in [0.3, 0.4) is 0 Å². The van der Waals surface area contributed by atoms with E-state index in [1.54, 1.807) is 30.4 Å². The van der Waals surface area contributed by atoms with Crippen LogP contribution >= 0.6 is 35.6 Å². The van der Waals surface area contributed by atoms with E-state index in [4.69, 9.17) is 23.8 Å². The standard InChI is InChI=1S/C15H14ClN5S2/c1-10-9-21(14(22)19-12-4-2-3-11(16)7-12)15(23-10)20-13-8-17-5-6-18-13/h2-8,10H,9H2,1H3,(H,19,22)/b20-15+. The third-order valence-corrected chi connectivity index (χ3v) is 4.69. The van der Waals surface area contributed by atoms with Crippen molar-refractivity contribution in [2.75, 3.05) is 11.9 Å². The van der Waals surface area contributed by atoms with Gasteiger partial charge in [-0.2, -0.15) is 0 Å². The average molecular weight is 364 g/mol. The van der Waals surface area contributed by atoms with Gasteiger partial charge in [0.25, 0.3) is 0 Å². The van der Waals surface area contributed by atoms with Gasteiger partial charge in [0.05, 0.1) is 6.20 Å². The van der Waals surface area contributed by atoms with Crippen molar-refractivity contribution in [3.8, 4) is 0 Å². The number of hydrogen-bond donors (Lipinski definition) is 1. The molecule has 0 saturated carbocycles. The molecule has 0 radical (unpaired) electrons. The highest BCUT2D eigenvalue weighted by Crippen LogP contribution is 2.28. The molecule has 1 unspecified atom stereocenters. The zero-order valence-corrected chi connectivity index (χ0v) is 14.7. The molecule has 2 heterocycles. The van der Waals surface area contributed by atoms with Crippen molar-refractivity contribution in [3.05, 3.63) is 47.9 Å². The van der Waals surface area contributed by atoms with Gasteiger partial charge in [0.15, 0.2) is 16.1 Å². The zero-order chi connectivity index (χ0) is 16.2. The minimum atomic E-state index is 0.393. The maximum atomic E-state index is 6.01. The number of rotatable bonds is 2. The largest absolute Gasteiger partial charge is 0.332 e. The van der Waals surface area contributed by atoms with E-state index in [0.717, 1.165) is 17.4 Å². The third kappa shape index (κ3) is 4.19. The second-order valence-corrected chi connectivity index (χ2v) is 7.17. The smallest absolute Gasteiger partial charge is 0.179 e. The molecule has 118 valence electrons. The van der Waals surface area contributed by atoms with Gasteiger partial charge in [-0.15, -0.1) is 0 Å². The minimum absolute atomic E-state index is 0.393. The van der Waals surface area contributed by atoms with Crippen LogP contribution in [0.4, 0.5) is 11.5 Å². The van der Waals surface area contributed by atoms with Crippen molar-refractivity contribution < 1.29 is 0 Å². The molecule has 2 aromatic rings. The lowest BCUT2D eigenvalue weighted by molar-refractivity contribution is 0.641. The first-order valence-electron chi connectivity index (χ1n) is 6.97. The van der Waals surface area contributed by atoms with E-state index in [2.05, 4.69) is 27.2 Å². The van der Waals surface area contributed by atoms with Crippen molar-refractivity contribution in [1.82, 2.24) is 14.9 Å². The first-order chi connectivity index (χ1) is 11.1. The lowest BCUT2D eigenvalue weighted by Crippen LogP contribution is -2.36. The fourth-order valence-corrected chi connectivity index (χ4v) is 3.63. The maximum absolute atomic E-state index is 6.01. The number of thiocarbonyl (C=S) groups is 1. The van der Waals surface area contributed by atoms with Crippen molar-refractivity contribution >= 4 is 57.4 Å². The number of aromatic nitrogens is 2. The second-order valence-electron chi connectivity index (χ2n) is 4.94. The number of halogens is 1. The zero-order valence-electron chi connectivity index (χ0n) is 12.3. The molecule has 3 rings (SSSR count). The predicted molar refractivity (Wildman–Crippen MR) is 101 cm³/mol. The van der Waals surface area contributed by atoms with E-state index in [0.29, 0.717) is 21.2 Å². The highest BCUT2D eigenvalue weighted by Gasteiger charge is 2.29. The van der Waals surface area contributed by atoms with Crippen LogP contribution in [0, 0.1) is 0 Å². The molecule has 23 heavy (non-hydrogen) atoms. The monoisotopic (exact) mass is 363 g/mol. The Kier molecular flexibility index (Phi) is 5.09. The molecule has 1 aliphatic heterocycles. The number of benzene rings is 1. The maximum Gasteiger partial charge on any atom is 0.179 e. The molecule has 8 heteroatoms. The Morgan fingerprint density at radius 2 is 2.35 bits per heavy atom. The Morgan fingerprint density at radius 3 is 3.09 bits per heavy atom. The molecule has 5 nitrogen and oxygen atoms in total. The van der Waals surface area contributed by atoms with E-state index in [9.17, 15) is 0 Å². The van der Waals surface area contributed by atoms with Gasteiger partial charge in [-0.05, 0) is 30.4 Å². The van der Waals surface area contributed by atoms with Gasteiger partial charge in [-0.25, -0.2) is 9.98 Å². The average Bonchev–Trinajstić information content (AvgIpc) is 2.89. The number of aliphatic imine (C=N–C) groups is 1. The number of nitrogens with one attached hydrogen (secondary N) is 1. The summed E-state index contributed by atoms with van der Waals surface area (Å²) in [6, 6.07) is 7.46. The van der Waals surface area contributed by atoms with Crippen LogP contribution < -0.4 is 5.32 Å². The molecule has 0 spiro atoms. The SMILES string of the molecule is CC1CN(C(=S)Nc2cccc(Cl)c2)/C(=N\c2cnccn2)S1. The summed E-state index contributed by atoms with van der Waals surface area (Å²) in [5.41, 5.74) is 0.853. The van der Waals surface area contributed by atoms with Crippen LogP contribution in [-0.4, -0.2) is 36.9 Å². The number of anilines is 1. The Hall–Kier alpha value is -1.70. The minimum Gasteiger partial charge on any atom is -0.332 e. The molecule has 1 N–H and O–H groups in total. The van der Waals surface area contributed by atoms with Crippen LogP contribution in [0.15, 0.2) is 47.8 Å². The summed E-state index contributed by atoms with van der Waals surface area (Å²) in [5.74, 6) is 0.569. The lowest BCUT2D eigenvalue weighted by Gasteiger charge is -2.20. The molecule has 0 bridgehead atoms. The molecule has 1 fully saturated rings. The van der Waals surface area contributed by atoms with Crippen molar-refractivity contribution in [2.45, 2.75) is 12.2 Å². The molecule has 1 aromatic carbocycles. The van der Waals surface area contributed by atoms with Gasteiger partial charge in [-0.1, -0.05) is 36.4 Å². The van der Waals surface area contributed by atoms with Crippen molar-refractivity contribution in [1.29, 1.82) is 0 Å². The van der Waals surface area contributed by atoms with E-state index in [-0.39, 0.29) is 0 Å². The quantitative estimate of drug-likeness (QED) is 0.815. The molecule has 1 aliphatic rings. The number of nitrogens with zero attached hydrogens (tertiary/aromatic N) is 4. The van der Waals surface area contributed by atoms with Gasteiger partial charge < -0.3 is 5.32 Å². The Bertz CT molecular complexity index is 738. The molecule has 1 aromatic heterocycles. The van der Waals surface area contributed by atoms with Crippen LogP contribution in [0.2, 0.25) is 5.02 Å². The predicted octanol–water partition coefficient (Wildman–Crippen LogP) is 3.95. The van der Waals surface area contributed by atoms with Crippen LogP contribution in [-0.2, 0) is 0 Å². The first-order valence-corrected chi connectivity index (χ1v) is 8.64. The van der Waals surface area contributed by atoms with E-state index in [1.165, 1.54) is 0 Å². The van der Waals surface area contributed by atoms with Crippen LogP contribution in [0.5, 0.6) is 0 Å². The number of thioether (sulfide) groups is 1. The van der Waals surface area contributed by atoms with Crippen LogP contribution in [0.25, 0.3) is 0 Å². The molecular formula is C15H14ClN5S2. The van der Waals surface area contributed by atoms with E-state index in [1.807, 2.05) is 29.2 Å². The van der Waals surface area contributed by atoms with E-state index >= 15 is 0 Å². The topological polar surface area (TPSA) is 53.4 Å². The van der Waals surface area contributed by atoms with Gasteiger partial charge in [0, 0.05) is 34.9 Å². The van der Waals surface area contributed by atoms with Gasteiger partial charge in [0.1, 0.15) is 0 Å². The van der Waals surface area contributed by atoms with Crippen LogP contribution in [0.1, 0.15) is 6.92 Å². The number of amidine groups is 1. The van der Waals surface area contributed by atoms with Crippen molar-refractivity contribution in [2.24, 2.45) is 4.99 Å². The lowest BCUT2D eigenvalue weighted by atomic mass is 10.3. The fourth-order valence-electron chi connectivity index (χ4n) is 2.08. The Balaban J connectivity index is 1.79. The van der Waals surface area contributed by atoms with Gasteiger partial charge in [-0.3, -0.25) is 9.88 Å². The first kappa shape index (κ1) is 16.2. The summed E-state index contributed by atoms with van der Waals surface area (Å²) in [4.78, 5) is 14.7. The molecule has 1 saturated heterocycles. The van der Waals surface area contributed by atoms with E-state index < -0.39 is 0 Å². The summed E-state index contributed by atoms with van der Waals surface area (Å²) < 4.78 is 0. The molecule has 0 aliphatic carbocycles. The Labute approximate surface area is 149 Å². The van der Waals surface area contributed by atoms with Crippen molar-refractivity contribution in [3.63, 3.8) is 0 Å². The summed E-state index contributed by atoms with van der Waals surface area (Å²) in [5, 5.41) is 5.67. The third-order valence-electron chi connectivity index (χ3n) is 3.06. The summed E-state index contributed by atoms with van der Waals surface area (Å²) in [7, 11) is 0. The highest BCUT2D eigenvalue weighted by atomic mass is 35.5. The van der Waals surface area contributed by atoms with Gasteiger partial charge in [0.2, 0.25) is 0 Å². The molecule has 0 amide bonds. The van der Waals surface area contributed by atoms with Gasteiger partial charge >= 0.3 is 0 Å². The molecular weight excluding hydrogens is 350 g/mol. The fraction of sp³-hybridized carbons (Fsp3) is 0.200. The second kappa shape index (κ2) is 7.25. The summed E-state index contributed by atoms with van der Waals surface area (Å²) >= 11 is 13.2.